The minimum atomic E-state index is 0.176. The Balaban J connectivity index is 2.24. The standard InChI is InChI=1S/C17H19Br2NO/c1-20-17(14-9-15(18)11-16(19)10-14)13-5-3-12(4-6-13)7-8-21-2/h3-6,9-11,17,20H,7-8H2,1-2H3. The third kappa shape index (κ3) is 4.65. The van der Waals surface area contributed by atoms with Crippen molar-refractivity contribution in [2.24, 2.45) is 0 Å². The minimum Gasteiger partial charge on any atom is -0.384 e. The number of benzene rings is 2. The van der Waals surface area contributed by atoms with E-state index in [0.717, 1.165) is 22.0 Å². The lowest BCUT2D eigenvalue weighted by Gasteiger charge is -2.18. The fourth-order valence-electron chi connectivity index (χ4n) is 2.36. The molecular weight excluding hydrogens is 394 g/mol. The number of rotatable bonds is 6. The van der Waals surface area contributed by atoms with Gasteiger partial charge in [-0.25, -0.2) is 0 Å². The summed E-state index contributed by atoms with van der Waals surface area (Å²) in [6.45, 7) is 0.757. The molecular formula is C17H19Br2NO. The Kier molecular flexibility index (Phi) is 6.42. The molecule has 0 spiro atoms. The minimum absolute atomic E-state index is 0.176. The molecule has 0 aliphatic carbocycles. The maximum atomic E-state index is 5.12. The van der Waals surface area contributed by atoms with E-state index in [2.05, 4.69) is 73.6 Å². The van der Waals surface area contributed by atoms with Gasteiger partial charge in [-0.2, -0.15) is 0 Å². The van der Waals surface area contributed by atoms with Crippen molar-refractivity contribution >= 4 is 31.9 Å². The lowest BCUT2D eigenvalue weighted by Crippen LogP contribution is -2.17. The third-order valence-electron chi connectivity index (χ3n) is 3.41. The van der Waals surface area contributed by atoms with Crippen LogP contribution in [0.4, 0.5) is 0 Å². The second-order valence-electron chi connectivity index (χ2n) is 4.91. The molecule has 2 rings (SSSR count). The average molecular weight is 413 g/mol. The summed E-state index contributed by atoms with van der Waals surface area (Å²) in [7, 11) is 3.72. The van der Waals surface area contributed by atoms with E-state index in [-0.39, 0.29) is 6.04 Å². The Morgan fingerprint density at radius 3 is 2.14 bits per heavy atom. The zero-order valence-corrected chi connectivity index (χ0v) is 15.4. The van der Waals surface area contributed by atoms with Gasteiger partial charge < -0.3 is 10.1 Å². The summed E-state index contributed by atoms with van der Waals surface area (Å²) >= 11 is 7.10. The third-order valence-corrected chi connectivity index (χ3v) is 4.33. The summed E-state index contributed by atoms with van der Waals surface area (Å²) in [6, 6.07) is 15.2. The SMILES string of the molecule is CNC(c1ccc(CCOC)cc1)c1cc(Br)cc(Br)c1. The Labute approximate surface area is 143 Å². The average Bonchev–Trinajstić information content (AvgIpc) is 2.46. The molecule has 21 heavy (non-hydrogen) atoms. The van der Waals surface area contributed by atoms with Crippen LogP contribution >= 0.6 is 31.9 Å². The smallest absolute Gasteiger partial charge is 0.0575 e. The molecule has 2 nitrogen and oxygen atoms in total. The Bertz CT molecular complexity index is 564. The van der Waals surface area contributed by atoms with Crippen molar-refractivity contribution in [2.75, 3.05) is 20.8 Å². The lowest BCUT2D eigenvalue weighted by molar-refractivity contribution is 0.202. The number of ether oxygens (including phenoxy) is 1. The second-order valence-corrected chi connectivity index (χ2v) is 6.74. The van der Waals surface area contributed by atoms with Crippen LogP contribution in [0, 0.1) is 0 Å². The van der Waals surface area contributed by atoms with Gasteiger partial charge in [0.15, 0.2) is 0 Å². The monoisotopic (exact) mass is 411 g/mol. The van der Waals surface area contributed by atoms with Crippen LogP contribution in [0.2, 0.25) is 0 Å². The first-order chi connectivity index (χ1) is 10.1. The molecule has 4 heteroatoms. The van der Waals surface area contributed by atoms with Gasteiger partial charge in [0.1, 0.15) is 0 Å². The fourth-order valence-corrected chi connectivity index (χ4v) is 3.69. The molecule has 0 aromatic heterocycles. The van der Waals surface area contributed by atoms with Gasteiger partial charge in [-0.05, 0) is 48.4 Å². The van der Waals surface area contributed by atoms with Gasteiger partial charge in [0.2, 0.25) is 0 Å². The molecule has 0 saturated carbocycles. The summed E-state index contributed by atoms with van der Waals surface area (Å²) in [4.78, 5) is 0. The quantitative estimate of drug-likeness (QED) is 0.741. The molecule has 2 aromatic rings. The number of hydrogen-bond acceptors (Lipinski definition) is 2. The van der Waals surface area contributed by atoms with E-state index in [9.17, 15) is 0 Å². The highest BCUT2D eigenvalue weighted by molar-refractivity contribution is 9.11. The number of nitrogens with one attached hydrogen (secondary N) is 1. The van der Waals surface area contributed by atoms with Gasteiger partial charge in [0, 0.05) is 16.1 Å². The van der Waals surface area contributed by atoms with Gasteiger partial charge in [-0.1, -0.05) is 56.1 Å². The van der Waals surface area contributed by atoms with E-state index in [0.29, 0.717) is 0 Å². The van der Waals surface area contributed by atoms with Crippen molar-refractivity contribution in [1.29, 1.82) is 0 Å². The van der Waals surface area contributed by atoms with Gasteiger partial charge in [-0.15, -0.1) is 0 Å². The number of halogens is 2. The van der Waals surface area contributed by atoms with Crippen molar-refractivity contribution in [2.45, 2.75) is 12.5 Å². The zero-order chi connectivity index (χ0) is 15.2. The maximum Gasteiger partial charge on any atom is 0.0575 e. The molecule has 0 heterocycles. The van der Waals surface area contributed by atoms with Crippen LogP contribution in [0.1, 0.15) is 22.7 Å². The summed E-state index contributed by atoms with van der Waals surface area (Å²) < 4.78 is 7.26. The Morgan fingerprint density at radius 2 is 1.62 bits per heavy atom. The van der Waals surface area contributed by atoms with Crippen LogP contribution in [0.15, 0.2) is 51.4 Å². The first-order valence-corrected chi connectivity index (χ1v) is 8.43. The highest BCUT2D eigenvalue weighted by Crippen LogP contribution is 2.28. The molecule has 2 aromatic carbocycles. The van der Waals surface area contributed by atoms with Gasteiger partial charge in [-0.3, -0.25) is 0 Å². The maximum absolute atomic E-state index is 5.12. The molecule has 1 N–H and O–H groups in total. The summed E-state index contributed by atoms with van der Waals surface area (Å²) in [6.07, 6.45) is 0.948. The molecule has 0 fully saturated rings. The van der Waals surface area contributed by atoms with Gasteiger partial charge in [0.05, 0.1) is 12.6 Å². The van der Waals surface area contributed by atoms with E-state index in [1.807, 2.05) is 13.1 Å². The van der Waals surface area contributed by atoms with E-state index < -0.39 is 0 Å². The molecule has 0 radical (unpaired) electrons. The first kappa shape index (κ1) is 16.7. The molecule has 0 saturated heterocycles. The van der Waals surface area contributed by atoms with Crippen LogP contribution < -0.4 is 5.32 Å². The summed E-state index contributed by atoms with van der Waals surface area (Å²) in [5.41, 5.74) is 3.78. The predicted molar refractivity (Wildman–Crippen MR) is 94.8 cm³/mol. The van der Waals surface area contributed by atoms with Crippen molar-refractivity contribution in [3.05, 3.63) is 68.1 Å². The molecule has 0 bridgehead atoms. The Morgan fingerprint density at radius 1 is 1.00 bits per heavy atom. The molecule has 0 aliphatic rings. The topological polar surface area (TPSA) is 21.3 Å². The van der Waals surface area contributed by atoms with Crippen LogP contribution in [0.5, 0.6) is 0 Å². The molecule has 1 atom stereocenters. The van der Waals surface area contributed by atoms with Crippen molar-refractivity contribution < 1.29 is 4.74 Å². The van der Waals surface area contributed by atoms with Crippen molar-refractivity contribution in [1.82, 2.24) is 5.32 Å². The zero-order valence-electron chi connectivity index (χ0n) is 12.2. The molecule has 0 amide bonds. The first-order valence-electron chi connectivity index (χ1n) is 6.85. The highest BCUT2D eigenvalue weighted by atomic mass is 79.9. The molecule has 1 unspecified atom stereocenters. The van der Waals surface area contributed by atoms with E-state index in [1.165, 1.54) is 16.7 Å². The fraction of sp³-hybridized carbons (Fsp3) is 0.294. The summed E-state index contributed by atoms with van der Waals surface area (Å²) in [5, 5.41) is 3.39. The molecule has 112 valence electrons. The van der Waals surface area contributed by atoms with Crippen molar-refractivity contribution in [3.8, 4) is 0 Å². The van der Waals surface area contributed by atoms with E-state index in [1.54, 1.807) is 7.11 Å². The normalized spacial score (nSPS) is 12.4. The summed E-state index contributed by atoms with van der Waals surface area (Å²) in [5.74, 6) is 0. The lowest BCUT2D eigenvalue weighted by atomic mass is 9.97. The van der Waals surface area contributed by atoms with Crippen LogP contribution in [-0.4, -0.2) is 20.8 Å². The van der Waals surface area contributed by atoms with Gasteiger partial charge in [0.25, 0.3) is 0 Å². The Hall–Kier alpha value is -0.680. The van der Waals surface area contributed by atoms with E-state index in [4.69, 9.17) is 4.74 Å². The number of methoxy groups -OCH3 is 1. The van der Waals surface area contributed by atoms with Crippen LogP contribution in [0.3, 0.4) is 0 Å². The number of hydrogen-bond donors (Lipinski definition) is 1. The molecule has 0 aliphatic heterocycles. The predicted octanol–water partition coefficient (Wildman–Crippen LogP) is 4.71. The highest BCUT2D eigenvalue weighted by Gasteiger charge is 2.13. The second kappa shape index (κ2) is 8.08. The van der Waals surface area contributed by atoms with Crippen LogP contribution in [0.25, 0.3) is 0 Å². The largest absolute Gasteiger partial charge is 0.384 e. The van der Waals surface area contributed by atoms with E-state index >= 15 is 0 Å². The van der Waals surface area contributed by atoms with Gasteiger partial charge >= 0.3 is 0 Å². The van der Waals surface area contributed by atoms with Crippen LogP contribution in [-0.2, 0) is 11.2 Å². The van der Waals surface area contributed by atoms with Crippen molar-refractivity contribution in [3.63, 3.8) is 0 Å².